The van der Waals surface area contributed by atoms with Crippen LogP contribution in [0.4, 0.5) is 0 Å². The first-order valence-corrected chi connectivity index (χ1v) is 14.3. The number of rotatable bonds is 13. The van der Waals surface area contributed by atoms with Gasteiger partial charge < -0.3 is 19.7 Å². The predicted octanol–water partition coefficient (Wildman–Crippen LogP) is 6.98. The van der Waals surface area contributed by atoms with Gasteiger partial charge >= 0.3 is 5.97 Å². The van der Waals surface area contributed by atoms with Gasteiger partial charge in [-0.15, -0.1) is 0 Å². The van der Waals surface area contributed by atoms with Gasteiger partial charge in [-0.1, -0.05) is 66.2 Å². The number of nitrogens with zero attached hydrogens (tertiary/aromatic N) is 2. The summed E-state index contributed by atoms with van der Waals surface area (Å²) in [5.41, 5.74) is 4.64. The summed E-state index contributed by atoms with van der Waals surface area (Å²) < 4.78 is 13.3. The second-order valence-corrected chi connectivity index (χ2v) is 11.0. The lowest BCUT2D eigenvalue weighted by molar-refractivity contribution is -0.146. The molecule has 0 bridgehead atoms. The number of carboxylic acid groups (broad SMARTS) is 1. The van der Waals surface area contributed by atoms with Gasteiger partial charge in [-0.3, -0.25) is 14.7 Å². The molecule has 0 saturated carbocycles. The normalized spacial score (nSPS) is 12.0. The molecule has 4 rings (SSSR count). The van der Waals surface area contributed by atoms with E-state index in [0.717, 1.165) is 26.7 Å². The highest BCUT2D eigenvalue weighted by atomic mass is 79.9. The van der Waals surface area contributed by atoms with E-state index >= 15 is 0 Å². The summed E-state index contributed by atoms with van der Waals surface area (Å²) in [4.78, 5) is 17.7. The third-order valence-corrected chi connectivity index (χ3v) is 7.89. The number of hydrogen-bond acceptors (Lipinski definition) is 6. The first-order chi connectivity index (χ1) is 19.8. The van der Waals surface area contributed by atoms with Gasteiger partial charge in [-0.05, 0) is 53.0 Å². The number of pyridine rings is 1. The zero-order valence-corrected chi connectivity index (χ0v) is 25.2. The van der Waals surface area contributed by atoms with Gasteiger partial charge in [0.1, 0.15) is 30.8 Å². The van der Waals surface area contributed by atoms with E-state index in [2.05, 4.69) is 33.0 Å². The SMILES string of the molecule is CC(C)N(Cc1cc(Cl)c(OCc2cccc(-c3ccccc3)c2Br)cc1OCc1cccnc1)[C@@H](CO)C(=O)O. The number of carboxylic acids is 1. The van der Waals surface area contributed by atoms with Gasteiger partial charge in [0.15, 0.2) is 0 Å². The maximum absolute atomic E-state index is 11.9. The molecule has 214 valence electrons. The Balaban J connectivity index is 1.63. The van der Waals surface area contributed by atoms with Crippen molar-refractivity contribution in [1.82, 2.24) is 9.88 Å². The summed E-state index contributed by atoms with van der Waals surface area (Å²) in [6, 6.07) is 22.1. The first kappa shape index (κ1) is 30.5. The minimum Gasteiger partial charge on any atom is -0.488 e. The maximum atomic E-state index is 11.9. The van der Waals surface area contributed by atoms with Crippen LogP contribution in [0.2, 0.25) is 5.02 Å². The van der Waals surface area contributed by atoms with Crippen molar-refractivity contribution in [3.8, 4) is 22.6 Å². The van der Waals surface area contributed by atoms with Crippen molar-refractivity contribution >= 4 is 33.5 Å². The van der Waals surface area contributed by atoms with Crippen LogP contribution in [0.15, 0.2) is 89.7 Å². The van der Waals surface area contributed by atoms with Crippen molar-refractivity contribution in [2.24, 2.45) is 0 Å². The quantitative estimate of drug-likeness (QED) is 0.163. The van der Waals surface area contributed by atoms with Crippen molar-refractivity contribution in [3.05, 3.63) is 111 Å². The Hall–Kier alpha value is -3.43. The summed E-state index contributed by atoms with van der Waals surface area (Å²) >= 11 is 10.4. The lowest BCUT2D eigenvalue weighted by atomic mass is 10.0. The summed E-state index contributed by atoms with van der Waals surface area (Å²) in [6.07, 6.45) is 3.41. The molecule has 4 aromatic rings. The fourth-order valence-electron chi connectivity index (χ4n) is 4.45. The molecule has 0 aliphatic carbocycles. The number of aromatic nitrogens is 1. The highest BCUT2D eigenvalue weighted by Gasteiger charge is 2.28. The zero-order valence-electron chi connectivity index (χ0n) is 22.8. The van der Waals surface area contributed by atoms with Gasteiger partial charge in [0.2, 0.25) is 0 Å². The summed E-state index contributed by atoms with van der Waals surface area (Å²) in [5.74, 6) is -0.173. The summed E-state index contributed by atoms with van der Waals surface area (Å²) in [6.45, 7) is 3.93. The number of aliphatic carboxylic acids is 1. The van der Waals surface area contributed by atoms with Gasteiger partial charge in [0.25, 0.3) is 0 Å². The molecule has 1 aromatic heterocycles. The molecule has 0 unspecified atom stereocenters. The smallest absolute Gasteiger partial charge is 0.323 e. The van der Waals surface area contributed by atoms with Crippen LogP contribution in [0.1, 0.15) is 30.5 Å². The Morgan fingerprint density at radius 2 is 1.73 bits per heavy atom. The molecule has 0 aliphatic rings. The zero-order chi connectivity index (χ0) is 29.4. The second-order valence-electron chi connectivity index (χ2n) is 9.78. The molecule has 2 N–H and O–H groups in total. The molecule has 7 nitrogen and oxygen atoms in total. The minimum absolute atomic E-state index is 0.168. The topological polar surface area (TPSA) is 92.1 Å². The molecule has 1 heterocycles. The average molecular weight is 640 g/mol. The summed E-state index contributed by atoms with van der Waals surface area (Å²) in [5, 5.41) is 19.9. The molecule has 3 aromatic carbocycles. The van der Waals surface area contributed by atoms with E-state index in [4.69, 9.17) is 21.1 Å². The molecular formula is C32H32BrClN2O5. The number of aliphatic hydroxyl groups excluding tert-OH is 1. The third kappa shape index (κ3) is 7.86. The number of benzene rings is 3. The molecule has 9 heteroatoms. The first-order valence-electron chi connectivity index (χ1n) is 13.2. The number of carbonyl (C=O) groups is 1. The van der Waals surface area contributed by atoms with Crippen LogP contribution >= 0.6 is 27.5 Å². The molecule has 0 saturated heterocycles. The molecule has 41 heavy (non-hydrogen) atoms. The molecule has 0 aliphatic heterocycles. The average Bonchev–Trinajstić information content (AvgIpc) is 2.97. The van der Waals surface area contributed by atoms with E-state index in [-0.39, 0.29) is 25.8 Å². The van der Waals surface area contributed by atoms with E-state index in [9.17, 15) is 15.0 Å². The third-order valence-electron chi connectivity index (χ3n) is 6.65. The standard InChI is InChI=1S/C32H32BrClN2O5/c1-21(2)36(28(18-37)32(38)39)17-25-14-27(34)30(15-29(25)40-19-22-8-7-13-35-16-22)41-20-24-11-6-12-26(31(24)33)23-9-4-3-5-10-23/h3-16,21,28,37H,17-20H2,1-2H3,(H,38,39)/t28-/m0/s1. The van der Waals surface area contributed by atoms with Crippen molar-refractivity contribution in [1.29, 1.82) is 0 Å². The monoisotopic (exact) mass is 638 g/mol. The molecule has 0 spiro atoms. The van der Waals surface area contributed by atoms with Crippen LogP contribution in [-0.2, 0) is 24.6 Å². The van der Waals surface area contributed by atoms with Crippen LogP contribution in [0, 0.1) is 0 Å². The van der Waals surface area contributed by atoms with Gasteiger partial charge in [-0.25, -0.2) is 0 Å². The molecule has 0 amide bonds. The molecule has 0 radical (unpaired) electrons. The van der Waals surface area contributed by atoms with Gasteiger partial charge in [0, 0.05) is 52.2 Å². The van der Waals surface area contributed by atoms with E-state index in [1.807, 2.05) is 62.4 Å². The van der Waals surface area contributed by atoms with Crippen LogP contribution < -0.4 is 9.47 Å². The summed E-state index contributed by atoms with van der Waals surface area (Å²) in [7, 11) is 0. The van der Waals surface area contributed by atoms with Gasteiger partial charge in [-0.2, -0.15) is 0 Å². The lowest BCUT2D eigenvalue weighted by Crippen LogP contribution is -2.47. The minimum atomic E-state index is -1.10. The molecule has 1 atom stereocenters. The van der Waals surface area contributed by atoms with Crippen LogP contribution in [0.3, 0.4) is 0 Å². The Labute approximate surface area is 253 Å². The number of aliphatic hydroxyl groups is 1. The van der Waals surface area contributed by atoms with Crippen molar-refractivity contribution in [3.63, 3.8) is 0 Å². The maximum Gasteiger partial charge on any atom is 0.323 e. The largest absolute Gasteiger partial charge is 0.488 e. The van der Waals surface area contributed by atoms with Crippen LogP contribution in [0.5, 0.6) is 11.5 Å². The van der Waals surface area contributed by atoms with E-state index in [0.29, 0.717) is 22.1 Å². The Morgan fingerprint density at radius 1 is 0.976 bits per heavy atom. The lowest BCUT2D eigenvalue weighted by Gasteiger charge is -2.32. The highest BCUT2D eigenvalue weighted by Crippen LogP contribution is 2.37. The van der Waals surface area contributed by atoms with E-state index in [1.165, 1.54) is 0 Å². The molecule has 0 fully saturated rings. The van der Waals surface area contributed by atoms with Crippen LogP contribution in [-0.4, -0.2) is 44.8 Å². The van der Waals surface area contributed by atoms with Crippen molar-refractivity contribution in [2.45, 2.75) is 45.7 Å². The fourth-order valence-corrected chi connectivity index (χ4v) is 5.30. The van der Waals surface area contributed by atoms with E-state index in [1.54, 1.807) is 29.4 Å². The van der Waals surface area contributed by atoms with Crippen LogP contribution in [0.25, 0.3) is 11.1 Å². The Kier molecular flexibility index (Phi) is 10.8. The highest BCUT2D eigenvalue weighted by molar-refractivity contribution is 9.10. The number of ether oxygens (including phenoxy) is 2. The van der Waals surface area contributed by atoms with Crippen molar-refractivity contribution < 1.29 is 24.5 Å². The van der Waals surface area contributed by atoms with E-state index < -0.39 is 18.6 Å². The second kappa shape index (κ2) is 14.5. The molecular weight excluding hydrogens is 608 g/mol. The predicted molar refractivity (Wildman–Crippen MR) is 163 cm³/mol. The van der Waals surface area contributed by atoms with Crippen molar-refractivity contribution in [2.75, 3.05) is 6.61 Å². The Morgan fingerprint density at radius 3 is 2.39 bits per heavy atom. The number of hydrogen-bond donors (Lipinski definition) is 2. The van der Waals surface area contributed by atoms with Gasteiger partial charge in [0.05, 0.1) is 11.6 Å². The number of halogens is 2. The Bertz CT molecular complexity index is 1450. The fraction of sp³-hybridized carbons (Fsp3) is 0.250.